The molecule has 0 aliphatic carbocycles. The fraction of sp³-hybridized carbons (Fsp3) is 0.883. The van der Waals surface area contributed by atoms with E-state index in [1.165, 1.54) is 218 Å². The van der Waals surface area contributed by atoms with Crippen molar-refractivity contribution in [1.29, 1.82) is 0 Å². The van der Waals surface area contributed by atoms with E-state index in [1.54, 1.807) is 0 Å². The van der Waals surface area contributed by atoms with Crippen molar-refractivity contribution in [2.75, 3.05) is 54.1 Å². The zero-order valence-corrected chi connectivity index (χ0v) is 47.4. The number of quaternary nitrogens is 1. The molecule has 0 heterocycles. The molecule has 2 atom stereocenters. The van der Waals surface area contributed by atoms with Gasteiger partial charge in [0.05, 0.1) is 34.4 Å². The van der Waals surface area contributed by atoms with Crippen molar-refractivity contribution < 1.29 is 37.3 Å². The Bertz CT molecular complexity index is 1200. The number of nitrogens with zero attached hydrogens (tertiary/aromatic N) is 1. The number of carbonyl (C=O) groups excluding carboxylic acids is 1. The van der Waals surface area contributed by atoms with Crippen LogP contribution in [0.4, 0.5) is 0 Å². The third-order valence-electron chi connectivity index (χ3n) is 13.2. The standard InChI is InChI=1S/C60H116NO7P/c1-6-8-10-12-14-16-18-20-22-24-26-28-30-31-32-33-35-37-39-41-43-45-47-49-51-53-60(62)68-59(58-67-69(63,64)66-56-54-61(3,4)5)57-65-55-52-50-48-46-44-42-40-38-36-34-29-27-25-23-21-19-17-15-13-11-9-7-2/h18,20,24,26,30-31,59H,6-17,19,21-23,25,27-29,32-58H2,1-5H3/b20-18-,26-24-,31-30-. The Morgan fingerprint density at radius 1 is 0.449 bits per heavy atom. The first-order chi connectivity index (χ1) is 33.6. The Morgan fingerprint density at radius 3 is 1.19 bits per heavy atom. The lowest BCUT2D eigenvalue weighted by Gasteiger charge is -2.28. The van der Waals surface area contributed by atoms with Crippen LogP contribution in [0.5, 0.6) is 0 Å². The summed E-state index contributed by atoms with van der Waals surface area (Å²) in [6.07, 6.45) is 66.1. The molecule has 0 aromatic heterocycles. The first-order valence-corrected chi connectivity index (χ1v) is 31.2. The number of esters is 1. The third-order valence-corrected chi connectivity index (χ3v) is 14.2. The molecule has 0 spiro atoms. The lowest BCUT2D eigenvalue weighted by molar-refractivity contribution is -0.870. The van der Waals surface area contributed by atoms with E-state index >= 15 is 0 Å². The van der Waals surface area contributed by atoms with Crippen LogP contribution < -0.4 is 4.89 Å². The summed E-state index contributed by atoms with van der Waals surface area (Å²) in [5, 5.41) is 0. The van der Waals surface area contributed by atoms with E-state index in [4.69, 9.17) is 18.5 Å². The molecule has 2 unspecified atom stereocenters. The lowest BCUT2D eigenvalue weighted by atomic mass is 10.0. The van der Waals surface area contributed by atoms with E-state index in [9.17, 15) is 14.3 Å². The Morgan fingerprint density at radius 2 is 0.797 bits per heavy atom. The van der Waals surface area contributed by atoms with Crippen LogP contribution in [0.3, 0.4) is 0 Å². The average Bonchev–Trinajstić information content (AvgIpc) is 3.31. The quantitative estimate of drug-likeness (QED) is 0.0197. The molecular formula is C60H116NO7P. The van der Waals surface area contributed by atoms with Gasteiger partial charge in [-0.2, -0.15) is 0 Å². The minimum atomic E-state index is -4.53. The molecule has 0 amide bonds. The number of unbranched alkanes of at least 4 members (excludes halogenated alkanes) is 36. The molecule has 0 bridgehead atoms. The Balaban J connectivity index is 4.05. The smallest absolute Gasteiger partial charge is 0.306 e. The molecule has 69 heavy (non-hydrogen) atoms. The predicted octanol–water partition coefficient (Wildman–Crippen LogP) is 18.2. The summed E-state index contributed by atoms with van der Waals surface area (Å²) in [5.41, 5.74) is 0. The van der Waals surface area contributed by atoms with E-state index in [1.807, 2.05) is 21.1 Å². The zero-order valence-electron chi connectivity index (χ0n) is 46.5. The minimum absolute atomic E-state index is 0.0269. The van der Waals surface area contributed by atoms with E-state index in [-0.39, 0.29) is 25.8 Å². The Kier molecular flexibility index (Phi) is 52.0. The van der Waals surface area contributed by atoms with Crippen LogP contribution in [-0.4, -0.2) is 70.7 Å². The fourth-order valence-corrected chi connectivity index (χ4v) is 9.34. The van der Waals surface area contributed by atoms with Crippen LogP contribution in [-0.2, 0) is 27.9 Å². The highest BCUT2D eigenvalue weighted by Crippen LogP contribution is 2.38. The number of hydrogen-bond acceptors (Lipinski definition) is 7. The molecule has 0 aromatic rings. The van der Waals surface area contributed by atoms with Gasteiger partial charge in [0.15, 0.2) is 0 Å². The molecule has 0 rings (SSSR count). The van der Waals surface area contributed by atoms with Crippen molar-refractivity contribution in [2.45, 2.75) is 290 Å². The third kappa shape index (κ3) is 57.5. The summed E-state index contributed by atoms with van der Waals surface area (Å²) in [6, 6.07) is 0. The number of ether oxygens (including phenoxy) is 2. The van der Waals surface area contributed by atoms with Crippen LogP contribution in [0.1, 0.15) is 284 Å². The second-order valence-electron chi connectivity index (χ2n) is 21.4. The normalized spacial score (nSPS) is 13.7. The van der Waals surface area contributed by atoms with Gasteiger partial charge in [-0.3, -0.25) is 9.36 Å². The molecule has 0 N–H and O–H groups in total. The topological polar surface area (TPSA) is 94.1 Å². The average molecular weight is 995 g/mol. The fourth-order valence-electron chi connectivity index (χ4n) is 8.62. The number of hydrogen-bond donors (Lipinski definition) is 0. The van der Waals surface area contributed by atoms with Gasteiger partial charge in [0.25, 0.3) is 7.82 Å². The van der Waals surface area contributed by atoms with Gasteiger partial charge in [-0.1, -0.05) is 262 Å². The molecule has 9 heteroatoms. The number of allylic oxidation sites excluding steroid dienone is 6. The number of phosphoric acid groups is 1. The van der Waals surface area contributed by atoms with E-state index < -0.39 is 13.9 Å². The van der Waals surface area contributed by atoms with Crippen molar-refractivity contribution in [3.63, 3.8) is 0 Å². The number of rotatable bonds is 56. The van der Waals surface area contributed by atoms with Gasteiger partial charge in [-0.15, -0.1) is 0 Å². The van der Waals surface area contributed by atoms with E-state index in [0.717, 1.165) is 44.9 Å². The van der Waals surface area contributed by atoms with E-state index in [2.05, 4.69) is 50.3 Å². The highest BCUT2D eigenvalue weighted by molar-refractivity contribution is 7.45. The van der Waals surface area contributed by atoms with Crippen LogP contribution in [0.2, 0.25) is 0 Å². The summed E-state index contributed by atoms with van der Waals surface area (Å²) < 4.78 is 34.9. The monoisotopic (exact) mass is 994 g/mol. The summed E-state index contributed by atoms with van der Waals surface area (Å²) in [5.74, 6) is -0.332. The summed E-state index contributed by atoms with van der Waals surface area (Å²) in [7, 11) is 1.37. The second-order valence-corrected chi connectivity index (χ2v) is 22.8. The molecule has 0 aromatic carbocycles. The molecule has 0 aliphatic rings. The maximum atomic E-state index is 12.8. The first-order valence-electron chi connectivity index (χ1n) is 29.7. The maximum Gasteiger partial charge on any atom is 0.306 e. The maximum absolute atomic E-state index is 12.8. The van der Waals surface area contributed by atoms with Crippen LogP contribution in [0, 0.1) is 0 Å². The molecule has 0 saturated carbocycles. The van der Waals surface area contributed by atoms with Gasteiger partial charge in [0, 0.05) is 13.0 Å². The Hall–Kier alpha value is -1.28. The Labute approximate surface area is 429 Å². The van der Waals surface area contributed by atoms with Crippen LogP contribution >= 0.6 is 7.82 Å². The van der Waals surface area contributed by atoms with Crippen LogP contribution in [0.15, 0.2) is 36.5 Å². The highest BCUT2D eigenvalue weighted by atomic mass is 31.2. The highest BCUT2D eigenvalue weighted by Gasteiger charge is 2.20. The lowest BCUT2D eigenvalue weighted by Crippen LogP contribution is -2.37. The summed E-state index contributed by atoms with van der Waals surface area (Å²) in [4.78, 5) is 25.3. The molecule has 0 fully saturated rings. The number of phosphoric ester groups is 1. The summed E-state index contributed by atoms with van der Waals surface area (Å²) in [6.45, 7) is 5.46. The van der Waals surface area contributed by atoms with Gasteiger partial charge in [0.2, 0.25) is 0 Å². The zero-order chi connectivity index (χ0) is 50.5. The van der Waals surface area contributed by atoms with Gasteiger partial charge in [-0.05, 0) is 51.4 Å². The molecule has 408 valence electrons. The van der Waals surface area contributed by atoms with Gasteiger partial charge >= 0.3 is 5.97 Å². The van der Waals surface area contributed by atoms with Gasteiger partial charge in [-0.25, -0.2) is 0 Å². The number of carbonyl (C=O) groups is 1. The van der Waals surface area contributed by atoms with Crippen LogP contribution in [0.25, 0.3) is 0 Å². The van der Waals surface area contributed by atoms with Crippen molar-refractivity contribution >= 4 is 13.8 Å². The largest absolute Gasteiger partial charge is 0.756 e. The van der Waals surface area contributed by atoms with Crippen molar-refractivity contribution in [2.24, 2.45) is 0 Å². The molecule has 8 nitrogen and oxygen atoms in total. The van der Waals surface area contributed by atoms with Crippen molar-refractivity contribution in [1.82, 2.24) is 0 Å². The van der Waals surface area contributed by atoms with Crippen molar-refractivity contribution in [3.05, 3.63) is 36.5 Å². The first kappa shape index (κ1) is 67.7. The summed E-state index contributed by atoms with van der Waals surface area (Å²) >= 11 is 0. The van der Waals surface area contributed by atoms with Gasteiger partial charge < -0.3 is 27.9 Å². The molecule has 0 aliphatic heterocycles. The molecule has 0 radical (unpaired) electrons. The minimum Gasteiger partial charge on any atom is -0.756 e. The molecular weight excluding hydrogens is 878 g/mol. The van der Waals surface area contributed by atoms with E-state index in [0.29, 0.717) is 24.1 Å². The predicted molar refractivity (Wildman–Crippen MR) is 296 cm³/mol. The number of likely N-dealkylation sites (N-methyl/N-ethyl adjacent to an activating group) is 1. The second kappa shape index (κ2) is 53.0. The SMILES string of the molecule is CCCCCCC/C=C\C/C=C\C/C=C\CCCCCCCCCCCCC(=O)OC(COCCCCCCCCCCCCCCCCCCCCCCCC)COP(=O)([O-])OCC[N+](C)(C)C. The van der Waals surface area contributed by atoms with Crippen molar-refractivity contribution in [3.8, 4) is 0 Å². The molecule has 0 saturated heterocycles. The van der Waals surface area contributed by atoms with Gasteiger partial charge in [0.1, 0.15) is 19.3 Å².